The SMILES string of the molecule is CCCN1CC(C)(c2ccccc2)NCC1CC(C)C. The number of hydrogen-bond donors (Lipinski definition) is 1. The molecule has 2 rings (SSSR count). The van der Waals surface area contributed by atoms with Gasteiger partial charge < -0.3 is 5.32 Å². The molecule has 1 aromatic rings. The van der Waals surface area contributed by atoms with Gasteiger partial charge in [0.25, 0.3) is 0 Å². The van der Waals surface area contributed by atoms with Crippen LogP contribution < -0.4 is 5.32 Å². The molecule has 1 fully saturated rings. The highest BCUT2D eigenvalue weighted by atomic mass is 15.2. The number of benzene rings is 1. The molecular weight excluding hydrogens is 244 g/mol. The molecule has 2 nitrogen and oxygen atoms in total. The van der Waals surface area contributed by atoms with Crippen LogP contribution in [-0.2, 0) is 5.54 Å². The zero-order chi connectivity index (χ0) is 14.6. The van der Waals surface area contributed by atoms with Crippen molar-refractivity contribution in [3.8, 4) is 0 Å². The molecular formula is C18H30N2. The van der Waals surface area contributed by atoms with Crippen molar-refractivity contribution in [2.75, 3.05) is 19.6 Å². The van der Waals surface area contributed by atoms with Gasteiger partial charge in [-0.1, -0.05) is 51.1 Å². The van der Waals surface area contributed by atoms with Gasteiger partial charge in [-0.2, -0.15) is 0 Å². The highest BCUT2D eigenvalue weighted by molar-refractivity contribution is 5.25. The van der Waals surface area contributed by atoms with Gasteiger partial charge in [0, 0.05) is 19.1 Å². The maximum absolute atomic E-state index is 3.81. The fourth-order valence-corrected chi connectivity index (χ4v) is 3.39. The van der Waals surface area contributed by atoms with Crippen LogP contribution in [0.2, 0.25) is 0 Å². The van der Waals surface area contributed by atoms with Gasteiger partial charge in [-0.25, -0.2) is 0 Å². The third-order valence-electron chi connectivity index (χ3n) is 4.43. The smallest absolute Gasteiger partial charge is 0.0535 e. The lowest BCUT2D eigenvalue weighted by molar-refractivity contribution is 0.0739. The second kappa shape index (κ2) is 6.73. The molecule has 0 radical (unpaired) electrons. The minimum Gasteiger partial charge on any atom is -0.305 e. The molecule has 1 aliphatic heterocycles. The van der Waals surface area contributed by atoms with Crippen molar-refractivity contribution >= 4 is 0 Å². The van der Waals surface area contributed by atoms with E-state index in [0.29, 0.717) is 6.04 Å². The summed E-state index contributed by atoms with van der Waals surface area (Å²) in [5.74, 6) is 0.766. The Morgan fingerprint density at radius 3 is 2.60 bits per heavy atom. The first-order valence-electron chi connectivity index (χ1n) is 8.09. The molecule has 2 atom stereocenters. The molecule has 0 aromatic heterocycles. The van der Waals surface area contributed by atoms with Gasteiger partial charge in [0.15, 0.2) is 0 Å². The van der Waals surface area contributed by atoms with Gasteiger partial charge in [0.2, 0.25) is 0 Å². The van der Waals surface area contributed by atoms with Crippen molar-refractivity contribution in [3.63, 3.8) is 0 Å². The van der Waals surface area contributed by atoms with E-state index in [1.54, 1.807) is 0 Å². The summed E-state index contributed by atoms with van der Waals surface area (Å²) >= 11 is 0. The third-order valence-corrected chi connectivity index (χ3v) is 4.43. The fraction of sp³-hybridized carbons (Fsp3) is 0.667. The number of hydrogen-bond acceptors (Lipinski definition) is 2. The van der Waals surface area contributed by atoms with Crippen LogP contribution in [0.15, 0.2) is 30.3 Å². The van der Waals surface area contributed by atoms with Gasteiger partial charge in [0.05, 0.1) is 5.54 Å². The van der Waals surface area contributed by atoms with Crippen LogP contribution in [0.3, 0.4) is 0 Å². The predicted molar refractivity (Wildman–Crippen MR) is 86.9 cm³/mol. The molecule has 0 aliphatic carbocycles. The topological polar surface area (TPSA) is 15.3 Å². The van der Waals surface area contributed by atoms with Crippen LogP contribution in [0, 0.1) is 5.92 Å². The van der Waals surface area contributed by atoms with Crippen molar-refractivity contribution in [2.45, 2.75) is 52.1 Å². The van der Waals surface area contributed by atoms with E-state index in [9.17, 15) is 0 Å². The summed E-state index contributed by atoms with van der Waals surface area (Å²) in [7, 11) is 0. The van der Waals surface area contributed by atoms with Crippen LogP contribution in [0.5, 0.6) is 0 Å². The van der Waals surface area contributed by atoms with E-state index in [2.05, 4.69) is 68.2 Å². The van der Waals surface area contributed by atoms with Gasteiger partial charge in [-0.15, -0.1) is 0 Å². The van der Waals surface area contributed by atoms with E-state index >= 15 is 0 Å². The first-order chi connectivity index (χ1) is 9.55. The fourth-order valence-electron chi connectivity index (χ4n) is 3.39. The Morgan fingerprint density at radius 1 is 1.30 bits per heavy atom. The van der Waals surface area contributed by atoms with Crippen molar-refractivity contribution in [3.05, 3.63) is 35.9 Å². The summed E-state index contributed by atoms with van der Waals surface area (Å²) in [6, 6.07) is 11.6. The molecule has 1 heterocycles. The average Bonchev–Trinajstić information content (AvgIpc) is 2.43. The van der Waals surface area contributed by atoms with Gasteiger partial charge in [-0.05, 0) is 37.8 Å². The Hall–Kier alpha value is -0.860. The minimum atomic E-state index is 0.0872. The molecule has 0 amide bonds. The molecule has 2 unspecified atom stereocenters. The maximum atomic E-state index is 3.81. The van der Waals surface area contributed by atoms with Crippen LogP contribution in [0.25, 0.3) is 0 Å². The summed E-state index contributed by atoms with van der Waals surface area (Å²) in [5.41, 5.74) is 1.49. The third kappa shape index (κ3) is 3.62. The monoisotopic (exact) mass is 274 g/mol. The number of nitrogens with one attached hydrogen (secondary N) is 1. The highest BCUT2D eigenvalue weighted by Crippen LogP contribution is 2.28. The molecule has 112 valence electrons. The first kappa shape index (κ1) is 15.5. The highest BCUT2D eigenvalue weighted by Gasteiger charge is 2.36. The van der Waals surface area contributed by atoms with Crippen LogP contribution in [0.1, 0.15) is 46.1 Å². The first-order valence-corrected chi connectivity index (χ1v) is 8.09. The zero-order valence-corrected chi connectivity index (χ0v) is 13.5. The van der Waals surface area contributed by atoms with E-state index in [0.717, 1.165) is 19.0 Å². The quantitative estimate of drug-likeness (QED) is 0.882. The predicted octanol–water partition coefficient (Wildman–Crippen LogP) is 3.63. The lowest BCUT2D eigenvalue weighted by atomic mass is 9.86. The number of nitrogens with zero attached hydrogens (tertiary/aromatic N) is 1. The van der Waals surface area contributed by atoms with E-state index in [1.165, 1.54) is 24.9 Å². The van der Waals surface area contributed by atoms with Gasteiger partial charge in [0.1, 0.15) is 0 Å². The van der Waals surface area contributed by atoms with Crippen molar-refractivity contribution < 1.29 is 0 Å². The standard InChI is InChI=1S/C18H30N2/c1-5-11-20-14-18(4,16-9-7-6-8-10-16)19-13-17(20)12-15(2)3/h6-10,15,17,19H,5,11-14H2,1-4H3. The summed E-state index contributed by atoms with van der Waals surface area (Å²) in [6.07, 6.45) is 2.53. The molecule has 0 saturated carbocycles. The molecule has 1 aliphatic rings. The van der Waals surface area contributed by atoms with Gasteiger partial charge in [-0.3, -0.25) is 4.90 Å². The van der Waals surface area contributed by atoms with Crippen LogP contribution >= 0.6 is 0 Å². The number of piperazine rings is 1. The second-order valence-electron chi connectivity index (χ2n) is 6.83. The average molecular weight is 274 g/mol. The molecule has 1 N–H and O–H groups in total. The normalized spacial score (nSPS) is 27.9. The number of rotatable bonds is 5. The Labute approximate surface area is 124 Å². The van der Waals surface area contributed by atoms with E-state index < -0.39 is 0 Å². The second-order valence-corrected chi connectivity index (χ2v) is 6.83. The Kier molecular flexibility index (Phi) is 5.22. The largest absolute Gasteiger partial charge is 0.305 e. The van der Waals surface area contributed by atoms with E-state index in [4.69, 9.17) is 0 Å². The van der Waals surface area contributed by atoms with Crippen LogP contribution in [-0.4, -0.2) is 30.6 Å². The molecule has 20 heavy (non-hydrogen) atoms. The Morgan fingerprint density at radius 2 is 2.00 bits per heavy atom. The molecule has 1 saturated heterocycles. The van der Waals surface area contributed by atoms with E-state index in [-0.39, 0.29) is 5.54 Å². The Balaban J connectivity index is 2.13. The summed E-state index contributed by atoms with van der Waals surface area (Å²) in [6.45, 7) is 12.7. The lowest BCUT2D eigenvalue weighted by Gasteiger charge is -2.47. The Bertz CT molecular complexity index is 401. The summed E-state index contributed by atoms with van der Waals surface area (Å²) in [4.78, 5) is 2.70. The van der Waals surface area contributed by atoms with Crippen molar-refractivity contribution in [1.82, 2.24) is 10.2 Å². The van der Waals surface area contributed by atoms with Crippen molar-refractivity contribution in [2.24, 2.45) is 5.92 Å². The van der Waals surface area contributed by atoms with Crippen LogP contribution in [0.4, 0.5) is 0 Å². The molecule has 0 bridgehead atoms. The van der Waals surface area contributed by atoms with Gasteiger partial charge >= 0.3 is 0 Å². The van der Waals surface area contributed by atoms with E-state index in [1.807, 2.05) is 0 Å². The van der Waals surface area contributed by atoms with Crippen molar-refractivity contribution in [1.29, 1.82) is 0 Å². The molecule has 0 spiro atoms. The summed E-state index contributed by atoms with van der Waals surface area (Å²) in [5, 5.41) is 3.81. The lowest BCUT2D eigenvalue weighted by Crippen LogP contribution is -2.61. The minimum absolute atomic E-state index is 0.0872. The summed E-state index contributed by atoms with van der Waals surface area (Å²) < 4.78 is 0. The molecule has 1 aromatic carbocycles. The molecule has 2 heteroatoms. The zero-order valence-electron chi connectivity index (χ0n) is 13.5. The maximum Gasteiger partial charge on any atom is 0.0535 e.